The molecule has 11 nitrogen and oxygen atoms in total. The third-order valence-electron chi connectivity index (χ3n) is 8.04. The van der Waals surface area contributed by atoms with Crippen LogP contribution in [0, 0.1) is 6.92 Å². The fourth-order valence-electron chi connectivity index (χ4n) is 5.65. The number of nitrogens with one attached hydrogen (secondary N) is 2. The van der Waals surface area contributed by atoms with Gasteiger partial charge in [0.1, 0.15) is 17.6 Å². The quantitative estimate of drug-likeness (QED) is 0.172. The van der Waals surface area contributed by atoms with E-state index in [1.807, 2.05) is 0 Å². The van der Waals surface area contributed by atoms with Crippen molar-refractivity contribution in [3.63, 3.8) is 0 Å². The third-order valence-corrected chi connectivity index (χ3v) is 8.04. The second-order valence-corrected chi connectivity index (χ2v) is 11.6. The Morgan fingerprint density at radius 3 is 1.98 bits per heavy atom. The van der Waals surface area contributed by atoms with Gasteiger partial charge in [-0.3, -0.25) is 4.79 Å². The van der Waals surface area contributed by atoms with E-state index in [2.05, 4.69) is 15.4 Å². The van der Waals surface area contributed by atoms with Crippen molar-refractivity contribution in [3.05, 3.63) is 107 Å². The monoisotopic (exact) mass is 705 g/mol. The second kappa shape index (κ2) is 15.7. The maximum Gasteiger partial charge on any atom is 0.573 e. The van der Waals surface area contributed by atoms with Crippen molar-refractivity contribution in [1.82, 2.24) is 4.90 Å². The SMILES string of the molecule is COC(=O)c1cc(NC(=O)N2CCC(Oc3cccc(NC(=O)c4cccc(C)c4-c4ccc(OC(F)(F)F)cc4)c3)CC2)cc(C(=O)OC)c1. The summed E-state index contributed by atoms with van der Waals surface area (Å²) in [6.07, 6.45) is -4.01. The van der Waals surface area contributed by atoms with Crippen LogP contribution in [0.25, 0.3) is 11.1 Å². The topological polar surface area (TPSA) is 132 Å². The number of amides is 3. The number of esters is 2. The number of rotatable bonds is 9. The smallest absolute Gasteiger partial charge is 0.490 e. The van der Waals surface area contributed by atoms with Gasteiger partial charge in [0.2, 0.25) is 0 Å². The molecule has 51 heavy (non-hydrogen) atoms. The molecule has 1 aliphatic heterocycles. The Kier molecular flexibility index (Phi) is 11.1. The Morgan fingerprint density at radius 1 is 0.745 bits per heavy atom. The van der Waals surface area contributed by atoms with E-state index in [-0.39, 0.29) is 28.7 Å². The van der Waals surface area contributed by atoms with Crippen LogP contribution >= 0.6 is 0 Å². The minimum atomic E-state index is -4.82. The van der Waals surface area contributed by atoms with Crippen LogP contribution in [0.3, 0.4) is 0 Å². The zero-order valence-corrected chi connectivity index (χ0v) is 27.8. The largest absolute Gasteiger partial charge is 0.573 e. The number of carbonyl (C=O) groups excluding carboxylic acids is 4. The second-order valence-electron chi connectivity index (χ2n) is 11.6. The first-order valence-corrected chi connectivity index (χ1v) is 15.7. The highest BCUT2D eigenvalue weighted by Gasteiger charge is 2.31. The van der Waals surface area contributed by atoms with Crippen LogP contribution in [0.5, 0.6) is 11.5 Å². The number of halogens is 3. The van der Waals surface area contributed by atoms with Crippen LogP contribution in [0.4, 0.5) is 29.3 Å². The lowest BCUT2D eigenvalue weighted by atomic mass is 9.94. The molecule has 0 radical (unpaired) electrons. The van der Waals surface area contributed by atoms with E-state index in [0.29, 0.717) is 54.1 Å². The Balaban J connectivity index is 1.19. The van der Waals surface area contributed by atoms with Gasteiger partial charge in [-0.1, -0.05) is 30.3 Å². The number of hydrogen-bond donors (Lipinski definition) is 2. The lowest BCUT2D eigenvalue weighted by Crippen LogP contribution is -2.43. The number of hydrogen-bond acceptors (Lipinski definition) is 8. The molecule has 3 amide bonds. The molecule has 4 aromatic rings. The van der Waals surface area contributed by atoms with Gasteiger partial charge in [-0.25, -0.2) is 14.4 Å². The standard InChI is InChI=1S/C37H34F3N3O8/c1-22-6-4-9-31(32(22)23-10-12-29(13-11-23)51-37(38,39)40)33(44)41-26-7-5-8-30(21-26)50-28-14-16-43(17-15-28)36(47)42-27-19-24(34(45)48-2)18-25(20-27)35(46)49-3/h4-13,18-21,28H,14-17H2,1-3H3,(H,41,44)(H,42,47). The number of urea groups is 1. The molecule has 2 N–H and O–H groups in total. The molecule has 1 fully saturated rings. The molecule has 1 aliphatic rings. The van der Waals surface area contributed by atoms with Crippen LogP contribution in [-0.2, 0) is 9.47 Å². The number of methoxy groups -OCH3 is 2. The van der Waals surface area contributed by atoms with Gasteiger partial charge in [0.05, 0.1) is 25.3 Å². The minimum Gasteiger partial charge on any atom is -0.490 e. The van der Waals surface area contributed by atoms with Crippen LogP contribution in [0.1, 0.15) is 49.5 Å². The number of piperidine rings is 1. The first-order chi connectivity index (χ1) is 24.3. The van der Waals surface area contributed by atoms with Crippen molar-refractivity contribution in [2.75, 3.05) is 37.9 Å². The van der Waals surface area contributed by atoms with E-state index in [1.165, 1.54) is 56.7 Å². The predicted octanol–water partition coefficient (Wildman–Crippen LogP) is 7.46. The molecule has 5 rings (SSSR count). The van der Waals surface area contributed by atoms with Gasteiger partial charge in [-0.2, -0.15) is 0 Å². The number of carbonyl (C=O) groups is 4. The molecule has 4 aromatic carbocycles. The summed E-state index contributed by atoms with van der Waals surface area (Å²) >= 11 is 0. The first kappa shape index (κ1) is 36.2. The highest BCUT2D eigenvalue weighted by atomic mass is 19.4. The Hall–Kier alpha value is -6.05. The summed E-state index contributed by atoms with van der Waals surface area (Å²) in [5.74, 6) is -1.63. The molecule has 266 valence electrons. The number of nitrogens with zero attached hydrogens (tertiary/aromatic N) is 1. The molecule has 14 heteroatoms. The molecule has 0 spiro atoms. The van der Waals surface area contributed by atoms with Gasteiger partial charge in [0.25, 0.3) is 5.91 Å². The van der Waals surface area contributed by atoms with E-state index in [9.17, 15) is 32.3 Å². The summed E-state index contributed by atoms with van der Waals surface area (Å²) in [4.78, 5) is 52.3. The van der Waals surface area contributed by atoms with Gasteiger partial charge in [0.15, 0.2) is 0 Å². The van der Waals surface area contributed by atoms with E-state index in [4.69, 9.17) is 14.2 Å². The summed E-state index contributed by atoms with van der Waals surface area (Å²) in [6.45, 7) is 2.54. The fraction of sp³-hybridized carbons (Fsp3) is 0.243. The van der Waals surface area contributed by atoms with Gasteiger partial charge in [-0.15, -0.1) is 13.2 Å². The predicted molar refractivity (Wildman–Crippen MR) is 181 cm³/mol. The van der Waals surface area contributed by atoms with Gasteiger partial charge >= 0.3 is 24.3 Å². The van der Waals surface area contributed by atoms with Crippen LogP contribution < -0.4 is 20.1 Å². The third kappa shape index (κ3) is 9.35. The van der Waals surface area contributed by atoms with Crippen LogP contribution in [0.15, 0.2) is 84.9 Å². The van der Waals surface area contributed by atoms with E-state index >= 15 is 0 Å². The molecule has 0 unspecified atom stereocenters. The number of likely N-dealkylation sites (tertiary alicyclic amines) is 1. The summed E-state index contributed by atoms with van der Waals surface area (Å²) in [5.41, 5.74) is 3.05. The number of aryl methyl sites for hydroxylation is 1. The summed E-state index contributed by atoms with van der Waals surface area (Å²) in [5, 5.41) is 5.60. The Bertz CT molecular complexity index is 1890. The molecule has 0 aromatic heterocycles. The van der Waals surface area contributed by atoms with Crippen molar-refractivity contribution in [1.29, 1.82) is 0 Å². The molecule has 0 atom stereocenters. The number of ether oxygens (including phenoxy) is 4. The van der Waals surface area contributed by atoms with Gasteiger partial charge in [0, 0.05) is 48.9 Å². The van der Waals surface area contributed by atoms with Crippen LogP contribution in [-0.4, -0.2) is 68.6 Å². The lowest BCUT2D eigenvalue weighted by molar-refractivity contribution is -0.274. The highest BCUT2D eigenvalue weighted by molar-refractivity contribution is 6.09. The fourth-order valence-corrected chi connectivity index (χ4v) is 5.65. The molecule has 0 bridgehead atoms. The van der Waals surface area contributed by atoms with E-state index in [1.54, 1.807) is 54.3 Å². The molecular weight excluding hydrogens is 671 g/mol. The average molecular weight is 706 g/mol. The average Bonchev–Trinajstić information content (AvgIpc) is 3.11. The zero-order valence-electron chi connectivity index (χ0n) is 27.8. The van der Waals surface area contributed by atoms with Crippen molar-refractivity contribution in [3.8, 4) is 22.6 Å². The van der Waals surface area contributed by atoms with Gasteiger partial charge < -0.3 is 34.5 Å². The van der Waals surface area contributed by atoms with E-state index < -0.39 is 30.2 Å². The molecule has 1 heterocycles. The lowest BCUT2D eigenvalue weighted by Gasteiger charge is -2.32. The summed E-state index contributed by atoms with van der Waals surface area (Å²) in [6, 6.07) is 21.1. The number of anilines is 2. The van der Waals surface area contributed by atoms with Crippen LogP contribution in [0.2, 0.25) is 0 Å². The van der Waals surface area contributed by atoms with Gasteiger partial charge in [-0.05, 0) is 72.1 Å². The maximum absolute atomic E-state index is 13.5. The zero-order chi connectivity index (χ0) is 36.7. The molecule has 0 aliphatic carbocycles. The minimum absolute atomic E-state index is 0.0775. The Labute approximate surface area is 291 Å². The number of benzene rings is 4. The van der Waals surface area contributed by atoms with Crippen molar-refractivity contribution < 1.29 is 51.3 Å². The molecule has 1 saturated heterocycles. The summed E-state index contributed by atoms with van der Waals surface area (Å²) < 4.78 is 57.6. The van der Waals surface area contributed by atoms with E-state index in [0.717, 1.165) is 5.56 Å². The van der Waals surface area contributed by atoms with Crippen molar-refractivity contribution >= 4 is 35.3 Å². The molecular formula is C37H34F3N3O8. The van der Waals surface area contributed by atoms with Crippen molar-refractivity contribution in [2.24, 2.45) is 0 Å². The number of alkyl halides is 3. The first-order valence-electron chi connectivity index (χ1n) is 15.7. The molecule has 0 saturated carbocycles. The highest BCUT2D eigenvalue weighted by Crippen LogP contribution is 2.32. The maximum atomic E-state index is 13.5. The summed E-state index contributed by atoms with van der Waals surface area (Å²) in [7, 11) is 2.42. The Morgan fingerprint density at radius 2 is 1.37 bits per heavy atom. The normalized spacial score (nSPS) is 13.2. The van der Waals surface area contributed by atoms with Crippen molar-refractivity contribution in [2.45, 2.75) is 32.2 Å².